The van der Waals surface area contributed by atoms with Gasteiger partial charge in [0.2, 0.25) is 5.91 Å². The van der Waals surface area contributed by atoms with E-state index in [-0.39, 0.29) is 11.5 Å². The first-order chi connectivity index (χ1) is 11.0. The first kappa shape index (κ1) is 15.3. The summed E-state index contributed by atoms with van der Waals surface area (Å²) in [6.45, 7) is 0. The van der Waals surface area contributed by atoms with Gasteiger partial charge in [0.25, 0.3) is 5.56 Å². The molecule has 0 saturated carbocycles. The van der Waals surface area contributed by atoms with Crippen molar-refractivity contribution in [2.75, 3.05) is 24.3 Å². The molecule has 118 valence electrons. The van der Waals surface area contributed by atoms with Gasteiger partial charge in [-0.1, -0.05) is 0 Å². The van der Waals surface area contributed by atoms with Gasteiger partial charge in [0.15, 0.2) is 0 Å². The van der Waals surface area contributed by atoms with Crippen molar-refractivity contribution >= 4 is 38.7 Å². The number of carbonyl (C=O) groups is 1. The van der Waals surface area contributed by atoms with Crippen LogP contribution < -0.4 is 15.8 Å². The van der Waals surface area contributed by atoms with Crippen molar-refractivity contribution in [1.29, 1.82) is 0 Å². The van der Waals surface area contributed by atoms with Gasteiger partial charge in [-0.2, -0.15) is 0 Å². The van der Waals surface area contributed by atoms with E-state index in [0.717, 1.165) is 16.0 Å². The molecule has 0 fully saturated rings. The summed E-state index contributed by atoms with van der Waals surface area (Å²) in [5.41, 5.74) is 1.57. The van der Waals surface area contributed by atoms with Crippen LogP contribution in [0.1, 0.15) is 5.56 Å². The quantitative estimate of drug-likeness (QED) is 0.774. The molecule has 0 spiro atoms. The Bertz CT molecular complexity index is 911. The molecule has 2 heterocycles. The lowest BCUT2D eigenvalue weighted by Gasteiger charge is -2.12. The predicted molar refractivity (Wildman–Crippen MR) is 95.5 cm³/mol. The molecule has 6 heteroatoms. The number of rotatable bonds is 4. The summed E-state index contributed by atoms with van der Waals surface area (Å²) in [5, 5.41) is 7.38. The van der Waals surface area contributed by atoms with E-state index in [4.69, 9.17) is 0 Å². The zero-order valence-electron chi connectivity index (χ0n) is 12.9. The van der Waals surface area contributed by atoms with Gasteiger partial charge in [-0.15, -0.1) is 11.3 Å². The monoisotopic (exact) mass is 327 g/mol. The second kappa shape index (κ2) is 6.26. The fourth-order valence-corrected chi connectivity index (χ4v) is 3.37. The van der Waals surface area contributed by atoms with Gasteiger partial charge in [-0.3, -0.25) is 9.59 Å². The number of H-pyrrole nitrogens is 1. The summed E-state index contributed by atoms with van der Waals surface area (Å²) in [4.78, 5) is 28.6. The molecule has 0 saturated heterocycles. The molecular weight excluding hydrogens is 310 g/mol. The summed E-state index contributed by atoms with van der Waals surface area (Å²) in [6, 6.07) is 9.06. The van der Waals surface area contributed by atoms with Gasteiger partial charge >= 0.3 is 0 Å². The molecule has 2 N–H and O–H groups in total. The number of aromatic nitrogens is 1. The van der Waals surface area contributed by atoms with E-state index in [0.29, 0.717) is 17.5 Å². The molecule has 0 bridgehead atoms. The second-order valence-corrected chi connectivity index (χ2v) is 6.37. The fraction of sp³-hybridized carbons (Fsp3) is 0.176. The van der Waals surface area contributed by atoms with E-state index in [1.807, 2.05) is 42.6 Å². The van der Waals surface area contributed by atoms with E-state index in [1.165, 1.54) is 0 Å². The van der Waals surface area contributed by atoms with Crippen LogP contribution >= 0.6 is 11.3 Å². The maximum Gasteiger partial charge on any atom is 0.255 e. The average Bonchev–Trinajstić information content (AvgIpc) is 2.95. The lowest BCUT2D eigenvalue weighted by atomic mass is 10.1. The summed E-state index contributed by atoms with van der Waals surface area (Å²) < 4.78 is 0. The lowest BCUT2D eigenvalue weighted by molar-refractivity contribution is -0.115. The number of fused-ring (bicyclic) bond motifs is 1. The molecule has 0 aliphatic carbocycles. The standard InChI is InChI=1S/C17H17N3O2S/c1-20(2)17-12(6-8-23-17)10-15(21)19-13-3-4-14-11(9-13)5-7-18-16(14)22/h3-9H,10H2,1-2H3,(H,18,22)(H,19,21). The number of aromatic amines is 1. The molecular formula is C17H17N3O2S. The molecule has 5 nitrogen and oxygen atoms in total. The minimum atomic E-state index is -0.130. The largest absolute Gasteiger partial charge is 0.369 e. The first-order valence-electron chi connectivity index (χ1n) is 7.19. The Morgan fingerprint density at radius 1 is 1.26 bits per heavy atom. The fourth-order valence-electron chi connectivity index (χ4n) is 2.50. The highest BCUT2D eigenvalue weighted by atomic mass is 32.1. The smallest absolute Gasteiger partial charge is 0.255 e. The minimum Gasteiger partial charge on any atom is -0.369 e. The summed E-state index contributed by atoms with van der Waals surface area (Å²) in [6.07, 6.45) is 1.93. The molecule has 0 aliphatic rings. The van der Waals surface area contributed by atoms with Gasteiger partial charge < -0.3 is 15.2 Å². The van der Waals surface area contributed by atoms with Crippen molar-refractivity contribution in [2.45, 2.75) is 6.42 Å². The normalized spacial score (nSPS) is 10.7. The molecule has 23 heavy (non-hydrogen) atoms. The van der Waals surface area contributed by atoms with Crippen LogP contribution in [-0.2, 0) is 11.2 Å². The number of hydrogen-bond donors (Lipinski definition) is 2. The second-order valence-electron chi connectivity index (χ2n) is 5.48. The van der Waals surface area contributed by atoms with Crippen LogP contribution in [0.15, 0.2) is 46.7 Å². The van der Waals surface area contributed by atoms with E-state index in [1.54, 1.807) is 29.7 Å². The lowest BCUT2D eigenvalue weighted by Crippen LogP contribution is -2.16. The Kier molecular flexibility index (Phi) is 4.16. The Morgan fingerprint density at radius 2 is 2.09 bits per heavy atom. The minimum absolute atomic E-state index is 0.0734. The van der Waals surface area contributed by atoms with Gasteiger partial charge in [0, 0.05) is 31.4 Å². The van der Waals surface area contributed by atoms with E-state index in [2.05, 4.69) is 10.3 Å². The van der Waals surface area contributed by atoms with E-state index in [9.17, 15) is 9.59 Å². The third kappa shape index (κ3) is 3.27. The van der Waals surface area contributed by atoms with Crippen LogP contribution in [0.25, 0.3) is 10.8 Å². The SMILES string of the molecule is CN(C)c1sccc1CC(=O)Nc1ccc2c(=O)[nH]ccc2c1. The van der Waals surface area contributed by atoms with Gasteiger partial charge in [0.05, 0.1) is 11.4 Å². The van der Waals surface area contributed by atoms with Crippen molar-refractivity contribution in [2.24, 2.45) is 0 Å². The molecule has 3 rings (SSSR count). The van der Waals surface area contributed by atoms with Crippen LogP contribution in [0.4, 0.5) is 10.7 Å². The molecule has 1 aromatic carbocycles. The first-order valence-corrected chi connectivity index (χ1v) is 8.07. The Hall–Kier alpha value is -2.60. The maximum absolute atomic E-state index is 12.3. The van der Waals surface area contributed by atoms with Crippen LogP contribution in [-0.4, -0.2) is 25.0 Å². The topological polar surface area (TPSA) is 65.2 Å². The third-order valence-corrected chi connectivity index (χ3v) is 4.66. The Labute approximate surface area is 137 Å². The van der Waals surface area contributed by atoms with E-state index < -0.39 is 0 Å². The average molecular weight is 327 g/mol. The summed E-state index contributed by atoms with van der Waals surface area (Å²) in [7, 11) is 3.93. The molecule has 0 atom stereocenters. The van der Waals surface area contributed by atoms with Gasteiger partial charge in [-0.05, 0) is 46.7 Å². The van der Waals surface area contributed by atoms with Crippen LogP contribution in [0.2, 0.25) is 0 Å². The highest BCUT2D eigenvalue weighted by Gasteiger charge is 2.11. The highest BCUT2D eigenvalue weighted by molar-refractivity contribution is 7.14. The van der Waals surface area contributed by atoms with Crippen molar-refractivity contribution in [1.82, 2.24) is 4.98 Å². The number of carbonyl (C=O) groups excluding carboxylic acids is 1. The van der Waals surface area contributed by atoms with Crippen molar-refractivity contribution in [3.63, 3.8) is 0 Å². The number of nitrogens with zero attached hydrogens (tertiary/aromatic N) is 1. The molecule has 3 aromatic rings. The number of nitrogens with one attached hydrogen (secondary N) is 2. The van der Waals surface area contributed by atoms with Crippen molar-refractivity contribution < 1.29 is 4.79 Å². The molecule has 0 aliphatic heterocycles. The zero-order valence-corrected chi connectivity index (χ0v) is 13.7. The zero-order chi connectivity index (χ0) is 16.4. The summed E-state index contributed by atoms with van der Waals surface area (Å²) >= 11 is 1.62. The van der Waals surface area contributed by atoms with Crippen LogP contribution in [0.5, 0.6) is 0 Å². The van der Waals surface area contributed by atoms with Crippen molar-refractivity contribution in [3.8, 4) is 0 Å². The van der Waals surface area contributed by atoms with Crippen molar-refractivity contribution in [3.05, 3.63) is 57.8 Å². The Balaban J connectivity index is 1.78. The van der Waals surface area contributed by atoms with Gasteiger partial charge in [0.1, 0.15) is 0 Å². The number of amides is 1. The van der Waals surface area contributed by atoms with Crippen LogP contribution in [0.3, 0.4) is 0 Å². The van der Waals surface area contributed by atoms with Gasteiger partial charge in [-0.25, -0.2) is 0 Å². The van der Waals surface area contributed by atoms with Crippen LogP contribution in [0, 0.1) is 0 Å². The Morgan fingerprint density at radius 3 is 2.87 bits per heavy atom. The molecule has 0 unspecified atom stereocenters. The molecule has 0 radical (unpaired) electrons. The number of benzene rings is 1. The molecule has 1 amide bonds. The number of thiophene rings is 1. The number of hydrogen-bond acceptors (Lipinski definition) is 4. The maximum atomic E-state index is 12.3. The predicted octanol–water partition coefficient (Wildman–Crippen LogP) is 2.84. The highest BCUT2D eigenvalue weighted by Crippen LogP contribution is 2.26. The number of pyridine rings is 1. The third-order valence-electron chi connectivity index (χ3n) is 3.54. The molecule has 2 aromatic heterocycles. The van der Waals surface area contributed by atoms with E-state index >= 15 is 0 Å². The number of anilines is 2. The summed E-state index contributed by atoms with van der Waals surface area (Å²) in [5.74, 6) is -0.0734.